The molecule has 0 aliphatic carbocycles. The minimum atomic E-state index is 0.148. The van der Waals surface area contributed by atoms with Crippen molar-refractivity contribution in [1.29, 1.82) is 0 Å². The first-order chi connectivity index (χ1) is 4.74. The normalized spacial score (nSPS) is 12.0. The van der Waals surface area contributed by atoms with Crippen molar-refractivity contribution in [3.8, 4) is 0 Å². The summed E-state index contributed by atoms with van der Waals surface area (Å²) in [4.78, 5) is 0. The lowest BCUT2D eigenvalue weighted by Gasteiger charge is -2.27. The van der Waals surface area contributed by atoms with E-state index in [2.05, 4.69) is 20.8 Å². The minimum Gasteiger partial charge on any atom is -0.395 e. The van der Waals surface area contributed by atoms with E-state index >= 15 is 0 Å². The molecular formula is C8H18OS. The zero-order valence-electron chi connectivity index (χ0n) is 7.18. The van der Waals surface area contributed by atoms with Crippen molar-refractivity contribution < 1.29 is 5.11 Å². The molecule has 0 fully saturated rings. The Balaban J connectivity index is 3.87. The molecule has 10 heavy (non-hydrogen) atoms. The Morgan fingerprint density at radius 2 is 1.70 bits per heavy atom. The number of aliphatic hydroxyl groups is 1. The van der Waals surface area contributed by atoms with Crippen molar-refractivity contribution >= 4 is 11.8 Å². The number of rotatable bonds is 5. The highest BCUT2D eigenvalue weighted by Crippen LogP contribution is 2.31. The Morgan fingerprint density at radius 3 is 1.80 bits per heavy atom. The zero-order valence-corrected chi connectivity index (χ0v) is 8.00. The third-order valence-corrected chi connectivity index (χ3v) is 3.63. The highest BCUT2D eigenvalue weighted by Gasteiger charge is 2.24. The third-order valence-electron chi connectivity index (χ3n) is 2.03. The van der Waals surface area contributed by atoms with Gasteiger partial charge in [-0.05, 0) is 18.6 Å². The quantitative estimate of drug-likeness (QED) is 0.669. The van der Waals surface area contributed by atoms with Crippen LogP contribution in [0, 0.1) is 0 Å². The van der Waals surface area contributed by atoms with Gasteiger partial charge < -0.3 is 5.11 Å². The molecule has 0 atom stereocenters. The van der Waals surface area contributed by atoms with E-state index in [9.17, 15) is 0 Å². The van der Waals surface area contributed by atoms with E-state index in [1.807, 2.05) is 11.8 Å². The smallest absolute Gasteiger partial charge is 0.0578 e. The van der Waals surface area contributed by atoms with Gasteiger partial charge in [-0.25, -0.2) is 0 Å². The summed E-state index contributed by atoms with van der Waals surface area (Å²) >= 11 is 1.87. The summed E-state index contributed by atoms with van der Waals surface area (Å²) in [6.45, 7) is 6.74. The average Bonchev–Trinajstić information content (AvgIpc) is 2.01. The molecule has 0 rings (SSSR count). The monoisotopic (exact) mass is 162 g/mol. The minimum absolute atomic E-state index is 0.148. The van der Waals surface area contributed by atoms with Crippen LogP contribution in [0.15, 0.2) is 0 Å². The van der Waals surface area contributed by atoms with E-state index < -0.39 is 0 Å². The van der Waals surface area contributed by atoms with Crippen LogP contribution in [0.25, 0.3) is 0 Å². The highest BCUT2D eigenvalue weighted by atomic mass is 32.2. The maximum absolute atomic E-state index is 9.09. The summed E-state index contributed by atoms with van der Waals surface area (Å²) in [5.74, 6) is 1.10. The molecule has 0 radical (unpaired) electrons. The molecule has 0 aromatic carbocycles. The van der Waals surface area contributed by atoms with Crippen molar-refractivity contribution in [1.82, 2.24) is 0 Å². The topological polar surface area (TPSA) is 20.2 Å². The van der Waals surface area contributed by atoms with Crippen LogP contribution in [-0.4, -0.2) is 22.2 Å². The van der Waals surface area contributed by atoms with Gasteiger partial charge in [0.2, 0.25) is 0 Å². The molecule has 0 aliphatic rings. The van der Waals surface area contributed by atoms with Gasteiger partial charge in [0.15, 0.2) is 0 Å². The maximum Gasteiger partial charge on any atom is 0.0578 e. The lowest BCUT2D eigenvalue weighted by atomic mass is 10.0. The molecule has 0 unspecified atom stereocenters. The van der Waals surface area contributed by atoms with Crippen LogP contribution in [0.5, 0.6) is 0 Å². The number of thioether (sulfide) groups is 1. The van der Waals surface area contributed by atoms with Gasteiger partial charge in [0.05, 0.1) is 6.61 Å². The van der Waals surface area contributed by atoms with Gasteiger partial charge in [-0.15, -0.1) is 0 Å². The Bertz CT molecular complexity index is 71.1. The van der Waals surface area contributed by atoms with Gasteiger partial charge in [-0.3, -0.25) is 0 Å². The van der Waals surface area contributed by atoms with Crippen molar-refractivity contribution in [2.24, 2.45) is 0 Å². The van der Waals surface area contributed by atoms with Crippen LogP contribution < -0.4 is 0 Å². The standard InChI is InChI=1S/C8H18OS/c1-4-8(5-2,7-9)10-6-3/h9H,4-7H2,1-3H3. The van der Waals surface area contributed by atoms with Crippen LogP contribution in [0.2, 0.25) is 0 Å². The maximum atomic E-state index is 9.09. The molecule has 1 nitrogen and oxygen atoms in total. The largest absolute Gasteiger partial charge is 0.395 e. The molecule has 0 aliphatic heterocycles. The Morgan fingerprint density at radius 1 is 1.20 bits per heavy atom. The fourth-order valence-electron chi connectivity index (χ4n) is 1.03. The number of hydrogen-bond donors (Lipinski definition) is 1. The average molecular weight is 162 g/mol. The molecule has 0 heterocycles. The van der Waals surface area contributed by atoms with Gasteiger partial charge in [0.1, 0.15) is 0 Å². The second-order valence-corrected chi connectivity index (χ2v) is 4.21. The fraction of sp³-hybridized carbons (Fsp3) is 1.00. The van der Waals surface area contributed by atoms with Crippen molar-refractivity contribution in [3.05, 3.63) is 0 Å². The molecule has 0 saturated heterocycles. The van der Waals surface area contributed by atoms with E-state index in [1.54, 1.807) is 0 Å². The Hall–Kier alpha value is 0.310. The molecular weight excluding hydrogens is 144 g/mol. The predicted octanol–water partition coefficient (Wildman–Crippen LogP) is 2.29. The molecule has 0 bridgehead atoms. The van der Waals surface area contributed by atoms with Gasteiger partial charge in [0, 0.05) is 4.75 Å². The fourth-order valence-corrected chi connectivity index (χ4v) is 2.14. The van der Waals surface area contributed by atoms with E-state index in [1.165, 1.54) is 0 Å². The van der Waals surface area contributed by atoms with Crippen LogP contribution in [-0.2, 0) is 0 Å². The Labute approximate surface area is 68.2 Å². The molecule has 62 valence electrons. The summed E-state index contributed by atoms with van der Waals surface area (Å²) in [5, 5.41) is 9.09. The molecule has 2 heteroatoms. The van der Waals surface area contributed by atoms with E-state index in [4.69, 9.17) is 5.11 Å². The van der Waals surface area contributed by atoms with Crippen molar-refractivity contribution in [2.45, 2.75) is 38.4 Å². The first kappa shape index (κ1) is 10.3. The molecule has 0 saturated carbocycles. The van der Waals surface area contributed by atoms with Crippen LogP contribution >= 0.6 is 11.8 Å². The van der Waals surface area contributed by atoms with Crippen LogP contribution in [0.4, 0.5) is 0 Å². The van der Waals surface area contributed by atoms with Crippen molar-refractivity contribution in [2.75, 3.05) is 12.4 Å². The summed E-state index contributed by atoms with van der Waals surface area (Å²) in [6, 6.07) is 0. The lowest BCUT2D eigenvalue weighted by molar-refractivity contribution is 0.240. The van der Waals surface area contributed by atoms with Gasteiger partial charge in [-0.2, -0.15) is 11.8 Å². The lowest BCUT2D eigenvalue weighted by Crippen LogP contribution is -2.27. The number of aliphatic hydroxyl groups excluding tert-OH is 1. The zero-order chi connectivity index (χ0) is 8.04. The van der Waals surface area contributed by atoms with Gasteiger partial charge >= 0.3 is 0 Å². The second kappa shape index (κ2) is 5.03. The van der Waals surface area contributed by atoms with E-state index in [-0.39, 0.29) is 4.75 Å². The summed E-state index contributed by atoms with van der Waals surface area (Å²) in [5.41, 5.74) is 0. The highest BCUT2D eigenvalue weighted by molar-refractivity contribution is 8.00. The predicted molar refractivity (Wildman–Crippen MR) is 48.5 cm³/mol. The summed E-state index contributed by atoms with van der Waals surface area (Å²) in [6.07, 6.45) is 2.14. The van der Waals surface area contributed by atoms with Crippen LogP contribution in [0.3, 0.4) is 0 Å². The second-order valence-electron chi connectivity index (χ2n) is 2.48. The first-order valence-corrected chi connectivity index (χ1v) is 4.98. The number of hydrogen-bond acceptors (Lipinski definition) is 2. The summed E-state index contributed by atoms with van der Waals surface area (Å²) < 4.78 is 0.148. The van der Waals surface area contributed by atoms with Crippen LogP contribution in [0.1, 0.15) is 33.6 Å². The van der Waals surface area contributed by atoms with Gasteiger partial charge in [0.25, 0.3) is 0 Å². The SMILES string of the molecule is CCSC(CC)(CC)CO. The molecule has 0 aromatic rings. The molecule has 0 amide bonds. The van der Waals surface area contributed by atoms with E-state index in [0.29, 0.717) is 6.61 Å². The van der Waals surface area contributed by atoms with Gasteiger partial charge in [-0.1, -0.05) is 20.8 Å². The van der Waals surface area contributed by atoms with E-state index in [0.717, 1.165) is 18.6 Å². The first-order valence-electron chi connectivity index (χ1n) is 3.99. The third kappa shape index (κ3) is 2.51. The van der Waals surface area contributed by atoms with Crippen molar-refractivity contribution in [3.63, 3.8) is 0 Å². The molecule has 1 N–H and O–H groups in total. The molecule has 0 aromatic heterocycles. The summed E-state index contributed by atoms with van der Waals surface area (Å²) in [7, 11) is 0. The molecule has 0 spiro atoms. The Kier molecular flexibility index (Phi) is 5.18.